The van der Waals surface area contributed by atoms with E-state index in [1.807, 2.05) is 45.1 Å². The third kappa shape index (κ3) is 3.65. The van der Waals surface area contributed by atoms with Crippen molar-refractivity contribution in [2.75, 3.05) is 20.8 Å². The highest BCUT2D eigenvalue weighted by atomic mass is 32.1. The van der Waals surface area contributed by atoms with Gasteiger partial charge in [-0.15, -0.1) is 11.3 Å². The molecular formula is C24H23N3O3S. The van der Waals surface area contributed by atoms with Crippen molar-refractivity contribution in [2.45, 2.75) is 19.4 Å². The summed E-state index contributed by atoms with van der Waals surface area (Å²) in [6.07, 6.45) is 3.23. The predicted molar refractivity (Wildman–Crippen MR) is 121 cm³/mol. The molecule has 4 aromatic rings. The molecule has 0 saturated heterocycles. The van der Waals surface area contributed by atoms with Crippen molar-refractivity contribution >= 4 is 22.2 Å². The number of carbonyl (C=O) groups is 1. The minimum absolute atomic E-state index is 0.142. The van der Waals surface area contributed by atoms with Gasteiger partial charge in [-0.1, -0.05) is 24.3 Å². The Hall–Kier alpha value is -3.32. The molecule has 0 radical (unpaired) electrons. The number of imidazole rings is 1. The number of ether oxygens (including phenoxy) is 2. The quantitative estimate of drug-likeness (QED) is 0.473. The Bertz CT molecular complexity index is 1260. The maximum absolute atomic E-state index is 13.0. The number of rotatable bonds is 5. The Morgan fingerprint density at radius 3 is 2.77 bits per heavy atom. The van der Waals surface area contributed by atoms with Gasteiger partial charge in [0, 0.05) is 35.9 Å². The highest BCUT2D eigenvalue weighted by Crippen LogP contribution is 2.34. The van der Waals surface area contributed by atoms with Gasteiger partial charge in [-0.05, 0) is 35.7 Å². The van der Waals surface area contributed by atoms with Crippen LogP contribution in [0.2, 0.25) is 0 Å². The van der Waals surface area contributed by atoms with Crippen molar-refractivity contribution in [3.05, 3.63) is 70.9 Å². The summed E-state index contributed by atoms with van der Waals surface area (Å²) in [5.41, 5.74) is 5.19. The molecule has 2 aromatic heterocycles. The first-order valence-corrected chi connectivity index (χ1v) is 11.1. The van der Waals surface area contributed by atoms with E-state index >= 15 is 0 Å². The van der Waals surface area contributed by atoms with E-state index in [4.69, 9.17) is 14.5 Å². The smallest absolute Gasteiger partial charge is 0.228 e. The van der Waals surface area contributed by atoms with Crippen LogP contribution in [0.5, 0.6) is 11.5 Å². The fraction of sp³-hybridized carbons (Fsp3) is 0.250. The molecule has 31 heavy (non-hydrogen) atoms. The van der Waals surface area contributed by atoms with E-state index in [9.17, 15) is 4.79 Å². The number of carbonyl (C=O) groups excluding carboxylic acids is 1. The summed E-state index contributed by atoms with van der Waals surface area (Å²) in [7, 11) is 3.28. The van der Waals surface area contributed by atoms with Crippen LogP contribution in [-0.4, -0.2) is 41.0 Å². The summed E-state index contributed by atoms with van der Waals surface area (Å²) in [6, 6.07) is 14.0. The molecule has 0 unspecified atom stereocenters. The van der Waals surface area contributed by atoms with Gasteiger partial charge in [0.2, 0.25) is 5.91 Å². The lowest BCUT2D eigenvalue weighted by atomic mass is 10.00. The first kappa shape index (κ1) is 19.6. The fourth-order valence-corrected chi connectivity index (χ4v) is 4.95. The zero-order chi connectivity index (χ0) is 21.4. The maximum atomic E-state index is 13.0. The van der Waals surface area contributed by atoms with Crippen LogP contribution in [0.25, 0.3) is 16.2 Å². The normalized spacial score (nSPS) is 13.3. The van der Waals surface area contributed by atoms with Crippen LogP contribution >= 0.6 is 11.3 Å². The highest BCUT2D eigenvalue weighted by molar-refractivity contribution is 7.15. The predicted octanol–water partition coefficient (Wildman–Crippen LogP) is 4.21. The summed E-state index contributed by atoms with van der Waals surface area (Å²) in [5.74, 6) is 1.62. The number of thiazole rings is 1. The van der Waals surface area contributed by atoms with Crippen LogP contribution in [0.3, 0.4) is 0 Å². The van der Waals surface area contributed by atoms with E-state index in [1.54, 1.807) is 14.2 Å². The van der Waals surface area contributed by atoms with Gasteiger partial charge in [-0.3, -0.25) is 9.20 Å². The molecule has 158 valence electrons. The third-order valence-corrected chi connectivity index (χ3v) is 6.67. The summed E-state index contributed by atoms with van der Waals surface area (Å²) in [5, 5.41) is 2.02. The molecule has 0 N–H and O–H groups in total. The highest BCUT2D eigenvalue weighted by Gasteiger charge is 2.22. The van der Waals surface area contributed by atoms with Gasteiger partial charge >= 0.3 is 0 Å². The number of hydrogen-bond donors (Lipinski definition) is 0. The number of nitrogens with zero attached hydrogens (tertiary/aromatic N) is 3. The largest absolute Gasteiger partial charge is 0.497 e. The van der Waals surface area contributed by atoms with Crippen molar-refractivity contribution in [3.8, 4) is 22.8 Å². The maximum Gasteiger partial charge on any atom is 0.228 e. The Kier molecular flexibility index (Phi) is 5.11. The van der Waals surface area contributed by atoms with Crippen molar-refractivity contribution in [2.24, 2.45) is 0 Å². The van der Waals surface area contributed by atoms with Crippen LogP contribution in [-0.2, 0) is 24.2 Å². The van der Waals surface area contributed by atoms with Crippen LogP contribution in [0.15, 0.2) is 54.0 Å². The molecule has 1 aliphatic rings. The van der Waals surface area contributed by atoms with Crippen LogP contribution in [0.4, 0.5) is 0 Å². The Balaban J connectivity index is 1.40. The summed E-state index contributed by atoms with van der Waals surface area (Å²) in [6.45, 7) is 1.44. The summed E-state index contributed by atoms with van der Waals surface area (Å²) >= 11 is 1.54. The van der Waals surface area contributed by atoms with Gasteiger partial charge < -0.3 is 14.4 Å². The Labute approximate surface area is 184 Å². The lowest BCUT2D eigenvalue weighted by Gasteiger charge is -2.28. The molecule has 1 amide bonds. The van der Waals surface area contributed by atoms with Gasteiger partial charge in [0.15, 0.2) is 4.96 Å². The zero-order valence-corrected chi connectivity index (χ0v) is 18.3. The number of hydrogen-bond acceptors (Lipinski definition) is 5. The standard InChI is InChI=1S/C24H23N3O3S/c1-29-19-7-8-22(30-2)20(12-19)21-14-27-18(15-31-24(27)25-21)11-23(28)26-10-9-16-5-3-4-6-17(16)13-26/h3-8,12,14-15H,9-11,13H2,1-2H3. The van der Waals surface area contributed by atoms with E-state index in [0.29, 0.717) is 13.0 Å². The lowest BCUT2D eigenvalue weighted by Crippen LogP contribution is -2.37. The molecule has 0 spiro atoms. The van der Waals surface area contributed by atoms with E-state index in [1.165, 1.54) is 22.5 Å². The first-order valence-electron chi connectivity index (χ1n) is 10.2. The number of benzene rings is 2. The molecule has 6 nitrogen and oxygen atoms in total. The molecule has 0 bridgehead atoms. The second kappa shape index (κ2) is 8.07. The molecular weight excluding hydrogens is 410 g/mol. The van der Waals surface area contributed by atoms with Gasteiger partial charge in [-0.2, -0.15) is 0 Å². The van der Waals surface area contributed by atoms with Gasteiger partial charge in [0.05, 0.1) is 26.3 Å². The van der Waals surface area contributed by atoms with Crippen molar-refractivity contribution in [1.82, 2.24) is 14.3 Å². The molecule has 5 rings (SSSR count). The Morgan fingerprint density at radius 1 is 1.13 bits per heavy atom. The number of amides is 1. The van der Waals surface area contributed by atoms with Crippen molar-refractivity contribution in [1.29, 1.82) is 0 Å². The minimum atomic E-state index is 0.142. The average Bonchev–Trinajstić information content (AvgIpc) is 3.40. The summed E-state index contributed by atoms with van der Waals surface area (Å²) in [4.78, 5) is 20.6. The number of methoxy groups -OCH3 is 2. The van der Waals surface area contributed by atoms with Crippen LogP contribution < -0.4 is 9.47 Å². The summed E-state index contributed by atoms with van der Waals surface area (Å²) < 4.78 is 12.9. The molecule has 0 aliphatic carbocycles. The average molecular weight is 434 g/mol. The number of fused-ring (bicyclic) bond motifs is 2. The molecule has 3 heterocycles. The Morgan fingerprint density at radius 2 is 1.97 bits per heavy atom. The van der Waals surface area contributed by atoms with Gasteiger partial charge in [0.25, 0.3) is 0 Å². The number of aromatic nitrogens is 2. The SMILES string of the molecule is COc1ccc(OC)c(-c2cn3c(CC(=O)N4CCc5ccccc5C4)csc3n2)c1. The first-order chi connectivity index (χ1) is 15.2. The second-order valence-electron chi connectivity index (χ2n) is 7.58. The van der Waals surface area contributed by atoms with Gasteiger partial charge in [-0.25, -0.2) is 4.98 Å². The van der Waals surface area contributed by atoms with Crippen molar-refractivity contribution in [3.63, 3.8) is 0 Å². The van der Waals surface area contributed by atoms with Crippen LogP contribution in [0.1, 0.15) is 16.8 Å². The molecule has 0 saturated carbocycles. The molecule has 7 heteroatoms. The minimum Gasteiger partial charge on any atom is -0.497 e. The second-order valence-corrected chi connectivity index (χ2v) is 8.42. The van der Waals surface area contributed by atoms with Crippen LogP contribution in [0, 0.1) is 0 Å². The monoisotopic (exact) mass is 433 g/mol. The molecule has 1 aliphatic heterocycles. The zero-order valence-electron chi connectivity index (χ0n) is 17.5. The van der Waals surface area contributed by atoms with E-state index in [-0.39, 0.29) is 5.91 Å². The molecule has 2 aromatic carbocycles. The third-order valence-electron chi connectivity index (χ3n) is 5.78. The molecule has 0 atom stereocenters. The lowest BCUT2D eigenvalue weighted by molar-refractivity contribution is -0.131. The van der Waals surface area contributed by atoms with Gasteiger partial charge in [0.1, 0.15) is 11.5 Å². The van der Waals surface area contributed by atoms with E-state index in [2.05, 4.69) is 18.2 Å². The molecule has 0 fully saturated rings. The van der Waals surface area contributed by atoms with E-state index < -0.39 is 0 Å². The fourth-order valence-electron chi connectivity index (χ4n) is 4.08. The van der Waals surface area contributed by atoms with Crippen molar-refractivity contribution < 1.29 is 14.3 Å². The topological polar surface area (TPSA) is 56.1 Å². The van der Waals surface area contributed by atoms with E-state index in [0.717, 1.165) is 46.4 Å².